The summed E-state index contributed by atoms with van der Waals surface area (Å²) in [5.74, 6) is 0.323. The van der Waals surface area contributed by atoms with Gasteiger partial charge in [0.05, 0.1) is 4.99 Å². The van der Waals surface area contributed by atoms with E-state index in [2.05, 4.69) is 30.7 Å². The van der Waals surface area contributed by atoms with Crippen LogP contribution in [0.25, 0.3) is 0 Å². The van der Waals surface area contributed by atoms with Gasteiger partial charge in [-0.05, 0) is 39.5 Å². The zero-order valence-electron chi connectivity index (χ0n) is 10.8. The maximum Gasteiger partial charge on any atom is 0.0768 e. The third-order valence-corrected chi connectivity index (χ3v) is 4.08. The van der Waals surface area contributed by atoms with Crippen molar-refractivity contribution in [2.24, 2.45) is 11.7 Å². The molecule has 4 heteroatoms. The summed E-state index contributed by atoms with van der Waals surface area (Å²) in [5, 5.41) is 0. The Balaban J connectivity index is 2.33. The lowest BCUT2D eigenvalue weighted by molar-refractivity contribution is 0.127. The van der Waals surface area contributed by atoms with Crippen LogP contribution >= 0.6 is 12.2 Å². The summed E-state index contributed by atoms with van der Waals surface area (Å²) >= 11 is 5.02. The van der Waals surface area contributed by atoms with Gasteiger partial charge in [0.25, 0.3) is 0 Å². The van der Waals surface area contributed by atoms with E-state index in [1.54, 1.807) is 0 Å². The van der Waals surface area contributed by atoms with E-state index >= 15 is 0 Å². The Labute approximate surface area is 105 Å². The molecule has 1 saturated heterocycles. The zero-order chi connectivity index (χ0) is 12.1. The Morgan fingerprint density at radius 3 is 2.50 bits per heavy atom. The van der Waals surface area contributed by atoms with Gasteiger partial charge in [0.15, 0.2) is 0 Å². The first kappa shape index (κ1) is 13.9. The van der Waals surface area contributed by atoms with Crippen LogP contribution in [0.3, 0.4) is 0 Å². The second-order valence-electron chi connectivity index (χ2n) is 4.91. The largest absolute Gasteiger partial charge is 0.393 e. The molecule has 0 aromatic heterocycles. The van der Waals surface area contributed by atoms with Crippen molar-refractivity contribution in [1.82, 2.24) is 9.80 Å². The molecule has 0 bridgehead atoms. The van der Waals surface area contributed by atoms with Crippen molar-refractivity contribution >= 4 is 17.2 Å². The first-order valence-electron chi connectivity index (χ1n) is 6.26. The molecule has 0 saturated carbocycles. The molecule has 0 aromatic carbocycles. The van der Waals surface area contributed by atoms with E-state index in [1.165, 1.54) is 32.5 Å². The van der Waals surface area contributed by atoms with Gasteiger partial charge in [0, 0.05) is 18.5 Å². The molecule has 1 fully saturated rings. The Morgan fingerprint density at radius 2 is 2.06 bits per heavy atom. The van der Waals surface area contributed by atoms with Gasteiger partial charge in [-0.1, -0.05) is 26.1 Å². The average molecular weight is 243 g/mol. The van der Waals surface area contributed by atoms with Crippen LogP contribution in [0.1, 0.15) is 26.7 Å². The van der Waals surface area contributed by atoms with Crippen LogP contribution in [-0.2, 0) is 0 Å². The minimum atomic E-state index is 0.323. The number of rotatable bonds is 5. The minimum Gasteiger partial charge on any atom is -0.393 e. The van der Waals surface area contributed by atoms with E-state index in [0.29, 0.717) is 16.9 Å². The Bertz CT molecular complexity index is 224. The number of nitrogens with zero attached hydrogens (tertiary/aromatic N) is 2. The number of nitrogens with two attached hydrogens (primary N) is 1. The van der Waals surface area contributed by atoms with E-state index in [9.17, 15) is 0 Å². The summed E-state index contributed by atoms with van der Waals surface area (Å²) in [5.41, 5.74) is 5.65. The molecule has 0 radical (unpaired) electrons. The summed E-state index contributed by atoms with van der Waals surface area (Å²) in [6.07, 6.45) is 2.54. The van der Waals surface area contributed by atoms with Crippen molar-refractivity contribution in [1.29, 1.82) is 0 Å². The topological polar surface area (TPSA) is 32.5 Å². The summed E-state index contributed by atoms with van der Waals surface area (Å²) < 4.78 is 0. The molecule has 0 spiro atoms. The number of piperidine rings is 1. The molecule has 16 heavy (non-hydrogen) atoms. The highest BCUT2D eigenvalue weighted by molar-refractivity contribution is 7.80. The molecule has 0 aliphatic carbocycles. The monoisotopic (exact) mass is 243 g/mol. The van der Waals surface area contributed by atoms with Gasteiger partial charge in [-0.25, -0.2) is 0 Å². The van der Waals surface area contributed by atoms with Crippen molar-refractivity contribution in [2.45, 2.75) is 32.7 Å². The van der Waals surface area contributed by atoms with Gasteiger partial charge in [0.1, 0.15) is 0 Å². The first-order valence-corrected chi connectivity index (χ1v) is 6.67. The SMILES string of the molecule is CCN1CCC(N(C)CC(C)C(N)=S)CC1. The van der Waals surface area contributed by atoms with E-state index < -0.39 is 0 Å². The molecule has 2 N–H and O–H groups in total. The molecule has 1 rings (SSSR count). The third-order valence-electron chi connectivity index (χ3n) is 3.68. The fourth-order valence-corrected chi connectivity index (χ4v) is 2.42. The third kappa shape index (κ3) is 4.00. The number of hydrogen-bond donors (Lipinski definition) is 1. The molecule has 94 valence electrons. The Morgan fingerprint density at radius 1 is 1.50 bits per heavy atom. The van der Waals surface area contributed by atoms with Crippen molar-refractivity contribution < 1.29 is 0 Å². The molecule has 0 aromatic rings. The fourth-order valence-electron chi connectivity index (χ4n) is 2.35. The molecule has 1 atom stereocenters. The standard InChI is InChI=1S/C12H25N3S/c1-4-15-7-5-11(6-8-15)14(3)9-10(2)12(13)16/h10-11H,4-9H2,1-3H3,(H2,13,16). The Hall–Kier alpha value is -0.190. The van der Waals surface area contributed by atoms with Crippen molar-refractivity contribution in [3.8, 4) is 0 Å². The lowest BCUT2D eigenvalue weighted by atomic mass is 10.0. The zero-order valence-corrected chi connectivity index (χ0v) is 11.6. The van der Waals surface area contributed by atoms with Crippen LogP contribution in [0.15, 0.2) is 0 Å². The summed E-state index contributed by atoms with van der Waals surface area (Å²) in [7, 11) is 2.20. The van der Waals surface area contributed by atoms with Crippen molar-refractivity contribution in [2.75, 3.05) is 33.2 Å². The van der Waals surface area contributed by atoms with Crippen LogP contribution in [0.5, 0.6) is 0 Å². The molecule has 1 unspecified atom stereocenters. The molecular formula is C12H25N3S. The van der Waals surface area contributed by atoms with E-state index in [-0.39, 0.29) is 0 Å². The molecule has 0 amide bonds. The number of likely N-dealkylation sites (tertiary alicyclic amines) is 1. The maximum absolute atomic E-state index is 5.65. The van der Waals surface area contributed by atoms with Crippen LogP contribution in [0.4, 0.5) is 0 Å². The summed E-state index contributed by atoms with van der Waals surface area (Å²) in [6, 6.07) is 0.708. The van der Waals surface area contributed by atoms with Crippen LogP contribution in [0, 0.1) is 5.92 Å². The molecule has 1 heterocycles. The van der Waals surface area contributed by atoms with Gasteiger partial charge in [0.2, 0.25) is 0 Å². The van der Waals surface area contributed by atoms with E-state index in [1.807, 2.05) is 0 Å². The first-order chi connectivity index (χ1) is 7.54. The lowest BCUT2D eigenvalue weighted by Gasteiger charge is -2.37. The van der Waals surface area contributed by atoms with Gasteiger partial charge < -0.3 is 15.5 Å². The summed E-state index contributed by atoms with van der Waals surface area (Å²) in [6.45, 7) is 8.98. The van der Waals surface area contributed by atoms with Gasteiger partial charge >= 0.3 is 0 Å². The predicted octanol–water partition coefficient (Wildman–Crippen LogP) is 1.32. The molecule has 1 aliphatic heterocycles. The molecule has 1 aliphatic rings. The highest BCUT2D eigenvalue weighted by Crippen LogP contribution is 2.16. The van der Waals surface area contributed by atoms with Gasteiger partial charge in [-0.3, -0.25) is 0 Å². The smallest absolute Gasteiger partial charge is 0.0768 e. The van der Waals surface area contributed by atoms with Crippen molar-refractivity contribution in [3.05, 3.63) is 0 Å². The Kier molecular flexibility index (Phi) is 5.66. The van der Waals surface area contributed by atoms with E-state index in [0.717, 1.165) is 6.54 Å². The minimum absolute atomic E-state index is 0.323. The van der Waals surface area contributed by atoms with Crippen LogP contribution in [0.2, 0.25) is 0 Å². The average Bonchev–Trinajstić information content (AvgIpc) is 2.28. The van der Waals surface area contributed by atoms with Gasteiger partial charge in [-0.15, -0.1) is 0 Å². The highest BCUT2D eigenvalue weighted by Gasteiger charge is 2.22. The summed E-state index contributed by atoms with van der Waals surface area (Å²) in [4.78, 5) is 5.58. The normalized spacial score (nSPS) is 21.2. The number of thiocarbonyl (C=S) groups is 1. The molecular weight excluding hydrogens is 218 g/mol. The highest BCUT2D eigenvalue weighted by atomic mass is 32.1. The maximum atomic E-state index is 5.65. The fraction of sp³-hybridized carbons (Fsp3) is 0.917. The van der Waals surface area contributed by atoms with Crippen LogP contribution in [-0.4, -0.2) is 54.1 Å². The van der Waals surface area contributed by atoms with Crippen molar-refractivity contribution in [3.63, 3.8) is 0 Å². The predicted molar refractivity (Wildman–Crippen MR) is 73.7 cm³/mol. The quantitative estimate of drug-likeness (QED) is 0.738. The number of hydrogen-bond acceptors (Lipinski definition) is 3. The van der Waals surface area contributed by atoms with Crippen LogP contribution < -0.4 is 5.73 Å². The second-order valence-corrected chi connectivity index (χ2v) is 5.38. The van der Waals surface area contributed by atoms with Gasteiger partial charge in [-0.2, -0.15) is 0 Å². The van der Waals surface area contributed by atoms with E-state index in [4.69, 9.17) is 18.0 Å². The second kappa shape index (κ2) is 6.52. The molecule has 3 nitrogen and oxygen atoms in total. The lowest BCUT2D eigenvalue weighted by Crippen LogP contribution is -2.45.